The molecule has 2 aromatic rings. The van der Waals surface area contributed by atoms with Crippen molar-refractivity contribution in [3.05, 3.63) is 59.7 Å². The zero-order valence-corrected chi connectivity index (χ0v) is 17.2. The van der Waals surface area contributed by atoms with Crippen molar-refractivity contribution in [2.24, 2.45) is 0 Å². The minimum atomic E-state index is -0.353. The Kier molecular flexibility index (Phi) is 7.11. The van der Waals surface area contributed by atoms with Gasteiger partial charge >= 0.3 is 5.97 Å². The number of nitrogens with one attached hydrogen (secondary N) is 1. The summed E-state index contributed by atoms with van der Waals surface area (Å²) in [4.78, 5) is 28.9. The third-order valence-electron chi connectivity index (χ3n) is 5.08. The van der Waals surface area contributed by atoms with Gasteiger partial charge in [-0.3, -0.25) is 4.79 Å². The van der Waals surface area contributed by atoms with E-state index in [0.29, 0.717) is 30.8 Å². The van der Waals surface area contributed by atoms with Gasteiger partial charge in [0, 0.05) is 50.5 Å². The summed E-state index contributed by atoms with van der Waals surface area (Å²) < 4.78 is 5.09. The van der Waals surface area contributed by atoms with E-state index in [0.717, 1.165) is 26.2 Å². The molecule has 0 unspecified atom stereocenters. The van der Waals surface area contributed by atoms with Crippen molar-refractivity contribution in [1.29, 1.82) is 0 Å². The molecule has 0 saturated carbocycles. The number of piperazine rings is 1. The van der Waals surface area contributed by atoms with Crippen LogP contribution in [0, 0.1) is 6.92 Å². The Morgan fingerprint density at radius 2 is 1.79 bits per heavy atom. The van der Waals surface area contributed by atoms with E-state index in [-0.39, 0.29) is 11.9 Å². The van der Waals surface area contributed by atoms with E-state index in [1.807, 2.05) is 17.0 Å². The van der Waals surface area contributed by atoms with Crippen LogP contribution >= 0.6 is 0 Å². The minimum Gasteiger partial charge on any atom is -0.462 e. The molecule has 1 saturated heterocycles. The maximum Gasteiger partial charge on any atom is 0.340 e. The Labute approximate surface area is 172 Å². The zero-order valence-electron chi connectivity index (χ0n) is 17.2. The molecule has 0 aliphatic carbocycles. The van der Waals surface area contributed by atoms with Gasteiger partial charge in [-0.05, 0) is 43.7 Å². The molecule has 2 aromatic carbocycles. The molecule has 0 bridgehead atoms. The number of benzene rings is 2. The molecule has 0 atom stereocenters. The molecule has 154 valence electrons. The molecule has 6 heteroatoms. The molecule has 0 aromatic heterocycles. The number of carbonyl (C=O) groups excluding carboxylic acids is 2. The Morgan fingerprint density at radius 3 is 2.52 bits per heavy atom. The second-order valence-corrected chi connectivity index (χ2v) is 7.15. The molecule has 29 heavy (non-hydrogen) atoms. The lowest BCUT2D eigenvalue weighted by Crippen LogP contribution is -2.49. The number of anilines is 2. The molecule has 0 radical (unpaired) electrons. The molecule has 0 spiro atoms. The number of hydrogen-bond donors (Lipinski definition) is 1. The standard InChI is InChI=1S/C23H29N3O3/c1-3-29-23(28)20-9-4-5-10-21(20)24-12-11-22(27)26-15-13-25(14-16-26)19-8-6-7-18(2)17-19/h4-10,17,24H,3,11-16H2,1-2H3. The van der Waals surface area contributed by atoms with E-state index in [4.69, 9.17) is 4.74 Å². The van der Waals surface area contributed by atoms with E-state index in [2.05, 4.69) is 41.4 Å². The van der Waals surface area contributed by atoms with Crippen LogP contribution in [0.5, 0.6) is 0 Å². The van der Waals surface area contributed by atoms with Crippen LogP contribution in [0.4, 0.5) is 11.4 Å². The number of amides is 1. The maximum atomic E-state index is 12.6. The third-order valence-corrected chi connectivity index (χ3v) is 5.08. The summed E-state index contributed by atoms with van der Waals surface area (Å²) in [6.07, 6.45) is 0.390. The lowest BCUT2D eigenvalue weighted by atomic mass is 10.1. The van der Waals surface area contributed by atoms with Crippen LogP contribution in [0.2, 0.25) is 0 Å². The number of aryl methyl sites for hydroxylation is 1. The molecular formula is C23H29N3O3. The van der Waals surface area contributed by atoms with Crippen molar-refractivity contribution in [2.75, 3.05) is 49.5 Å². The van der Waals surface area contributed by atoms with Gasteiger partial charge in [0.15, 0.2) is 0 Å². The molecule has 1 fully saturated rings. The van der Waals surface area contributed by atoms with Crippen LogP contribution in [0.25, 0.3) is 0 Å². The van der Waals surface area contributed by atoms with E-state index in [9.17, 15) is 9.59 Å². The third kappa shape index (κ3) is 5.50. The van der Waals surface area contributed by atoms with E-state index in [1.165, 1.54) is 11.3 Å². The fourth-order valence-electron chi connectivity index (χ4n) is 3.53. The first-order valence-electron chi connectivity index (χ1n) is 10.2. The number of esters is 1. The highest BCUT2D eigenvalue weighted by Crippen LogP contribution is 2.19. The van der Waals surface area contributed by atoms with Crippen LogP contribution < -0.4 is 10.2 Å². The van der Waals surface area contributed by atoms with Gasteiger partial charge in [0.25, 0.3) is 0 Å². The summed E-state index contributed by atoms with van der Waals surface area (Å²) in [6.45, 7) is 7.83. The summed E-state index contributed by atoms with van der Waals surface area (Å²) in [5.74, 6) is -0.218. The Morgan fingerprint density at radius 1 is 1.03 bits per heavy atom. The first-order valence-corrected chi connectivity index (χ1v) is 10.2. The van der Waals surface area contributed by atoms with Crippen LogP contribution in [0.3, 0.4) is 0 Å². The second kappa shape index (κ2) is 9.96. The van der Waals surface area contributed by atoms with E-state index >= 15 is 0 Å². The number of para-hydroxylation sites is 1. The summed E-state index contributed by atoms with van der Waals surface area (Å²) in [5, 5.41) is 3.20. The first-order chi connectivity index (χ1) is 14.1. The highest BCUT2D eigenvalue weighted by molar-refractivity contribution is 5.95. The summed E-state index contributed by atoms with van der Waals surface area (Å²) in [5.41, 5.74) is 3.65. The topological polar surface area (TPSA) is 61.9 Å². The molecule has 1 heterocycles. The van der Waals surface area contributed by atoms with Gasteiger partial charge < -0.3 is 19.9 Å². The Hall–Kier alpha value is -3.02. The van der Waals surface area contributed by atoms with Gasteiger partial charge in [0.2, 0.25) is 5.91 Å². The van der Waals surface area contributed by atoms with Gasteiger partial charge in [-0.15, -0.1) is 0 Å². The van der Waals surface area contributed by atoms with Crippen LogP contribution in [0.15, 0.2) is 48.5 Å². The van der Waals surface area contributed by atoms with Gasteiger partial charge in [-0.2, -0.15) is 0 Å². The second-order valence-electron chi connectivity index (χ2n) is 7.15. The average molecular weight is 396 g/mol. The van der Waals surface area contributed by atoms with Crippen molar-refractivity contribution < 1.29 is 14.3 Å². The monoisotopic (exact) mass is 395 g/mol. The van der Waals surface area contributed by atoms with Crippen molar-refractivity contribution in [2.45, 2.75) is 20.3 Å². The summed E-state index contributed by atoms with van der Waals surface area (Å²) >= 11 is 0. The lowest BCUT2D eigenvalue weighted by molar-refractivity contribution is -0.131. The molecule has 1 aliphatic rings. The Bertz CT molecular complexity index is 845. The lowest BCUT2D eigenvalue weighted by Gasteiger charge is -2.36. The summed E-state index contributed by atoms with van der Waals surface area (Å²) in [7, 11) is 0. The number of carbonyl (C=O) groups is 2. The number of hydrogen-bond acceptors (Lipinski definition) is 5. The van der Waals surface area contributed by atoms with Gasteiger partial charge in [-0.25, -0.2) is 4.79 Å². The maximum absolute atomic E-state index is 12.6. The quantitative estimate of drug-likeness (QED) is 0.729. The fourth-order valence-corrected chi connectivity index (χ4v) is 3.53. The summed E-state index contributed by atoms with van der Waals surface area (Å²) in [6, 6.07) is 15.7. The molecule has 6 nitrogen and oxygen atoms in total. The average Bonchev–Trinajstić information content (AvgIpc) is 2.74. The molecule has 1 amide bonds. The predicted molar refractivity (Wildman–Crippen MR) is 115 cm³/mol. The van der Waals surface area contributed by atoms with Crippen molar-refractivity contribution in [3.8, 4) is 0 Å². The zero-order chi connectivity index (χ0) is 20.6. The van der Waals surface area contributed by atoms with Crippen molar-refractivity contribution in [3.63, 3.8) is 0 Å². The fraction of sp³-hybridized carbons (Fsp3) is 0.391. The molecule has 3 rings (SSSR count). The number of nitrogens with zero attached hydrogens (tertiary/aromatic N) is 2. The Balaban J connectivity index is 1.47. The van der Waals surface area contributed by atoms with E-state index in [1.54, 1.807) is 19.1 Å². The number of ether oxygens (including phenoxy) is 1. The van der Waals surface area contributed by atoms with Crippen molar-refractivity contribution in [1.82, 2.24) is 4.90 Å². The molecular weight excluding hydrogens is 366 g/mol. The largest absolute Gasteiger partial charge is 0.462 e. The van der Waals surface area contributed by atoms with Crippen LogP contribution in [-0.4, -0.2) is 56.1 Å². The predicted octanol–water partition coefficient (Wildman–Crippen LogP) is 3.32. The van der Waals surface area contributed by atoms with Gasteiger partial charge in [0.05, 0.1) is 12.2 Å². The van der Waals surface area contributed by atoms with Gasteiger partial charge in [0.1, 0.15) is 0 Å². The van der Waals surface area contributed by atoms with Crippen LogP contribution in [-0.2, 0) is 9.53 Å². The minimum absolute atomic E-state index is 0.134. The highest BCUT2D eigenvalue weighted by Gasteiger charge is 2.21. The van der Waals surface area contributed by atoms with Gasteiger partial charge in [-0.1, -0.05) is 24.3 Å². The molecule has 1 aliphatic heterocycles. The SMILES string of the molecule is CCOC(=O)c1ccccc1NCCC(=O)N1CCN(c2cccc(C)c2)CC1. The normalized spacial score (nSPS) is 13.9. The smallest absolute Gasteiger partial charge is 0.340 e. The molecule has 1 N–H and O–H groups in total. The van der Waals surface area contributed by atoms with E-state index < -0.39 is 0 Å². The van der Waals surface area contributed by atoms with Crippen molar-refractivity contribution >= 4 is 23.3 Å². The first kappa shape index (κ1) is 20.7. The highest BCUT2D eigenvalue weighted by atomic mass is 16.5. The number of rotatable bonds is 7. The van der Waals surface area contributed by atoms with Crippen LogP contribution in [0.1, 0.15) is 29.3 Å².